The van der Waals surface area contributed by atoms with Gasteiger partial charge in [-0.2, -0.15) is 0 Å². The molecule has 0 spiro atoms. The van der Waals surface area contributed by atoms with Gasteiger partial charge in [-0.1, -0.05) is 41.9 Å². The van der Waals surface area contributed by atoms with Crippen LogP contribution in [0.2, 0.25) is 5.02 Å². The average Bonchev–Trinajstić information content (AvgIpc) is 2.57. The molecule has 0 atom stereocenters. The molecule has 1 heterocycles. The van der Waals surface area contributed by atoms with E-state index in [0.29, 0.717) is 6.04 Å². The zero-order valence-corrected chi connectivity index (χ0v) is 15.3. The minimum Gasteiger partial charge on any atom is -0.380 e. The largest absolute Gasteiger partial charge is 0.380 e. The number of piperidine rings is 1. The molecular weight excluding hydrogens is 318 g/mol. The second-order valence-electron chi connectivity index (χ2n) is 6.74. The fourth-order valence-corrected chi connectivity index (χ4v) is 3.48. The quantitative estimate of drug-likeness (QED) is 0.863. The Morgan fingerprint density at radius 1 is 1.08 bits per heavy atom. The minimum absolute atomic E-state index is 0.509. The molecule has 2 aromatic carbocycles. The van der Waals surface area contributed by atoms with Crippen LogP contribution in [0.25, 0.3) is 0 Å². The van der Waals surface area contributed by atoms with E-state index in [1.54, 1.807) is 0 Å². The molecule has 0 aromatic heterocycles. The molecule has 3 rings (SSSR count). The summed E-state index contributed by atoms with van der Waals surface area (Å²) >= 11 is 6.19. The van der Waals surface area contributed by atoms with Gasteiger partial charge >= 0.3 is 0 Å². The Hall–Kier alpha value is -1.71. The predicted octanol–water partition coefficient (Wildman–Crippen LogP) is 4.48. The standard InChI is InChI=1S/C20H26ClN3/c1-23(2)20-9-8-17(21)14-19(20)22-18-10-12-24(13-11-18)15-16-6-4-3-5-7-16/h3-9,14,18,22H,10-13,15H2,1-2H3. The Morgan fingerprint density at radius 3 is 2.46 bits per heavy atom. The van der Waals surface area contributed by atoms with Gasteiger partial charge in [0.25, 0.3) is 0 Å². The number of benzene rings is 2. The lowest BCUT2D eigenvalue weighted by atomic mass is 10.0. The van der Waals surface area contributed by atoms with Crippen molar-refractivity contribution in [2.45, 2.75) is 25.4 Å². The van der Waals surface area contributed by atoms with Gasteiger partial charge in [0, 0.05) is 44.8 Å². The van der Waals surface area contributed by atoms with Crippen molar-refractivity contribution in [3.63, 3.8) is 0 Å². The van der Waals surface area contributed by atoms with Crippen molar-refractivity contribution in [2.24, 2.45) is 0 Å². The molecule has 0 aliphatic carbocycles. The van der Waals surface area contributed by atoms with Gasteiger partial charge in [-0.05, 0) is 36.6 Å². The van der Waals surface area contributed by atoms with Crippen molar-refractivity contribution < 1.29 is 0 Å². The van der Waals surface area contributed by atoms with Crippen LogP contribution >= 0.6 is 11.6 Å². The van der Waals surface area contributed by atoms with Crippen LogP contribution in [0.4, 0.5) is 11.4 Å². The summed E-state index contributed by atoms with van der Waals surface area (Å²) in [4.78, 5) is 4.67. The third-order valence-electron chi connectivity index (χ3n) is 4.64. The van der Waals surface area contributed by atoms with Crippen molar-refractivity contribution in [1.82, 2.24) is 4.90 Å². The van der Waals surface area contributed by atoms with Crippen molar-refractivity contribution in [3.8, 4) is 0 Å². The molecule has 1 saturated heterocycles. The van der Waals surface area contributed by atoms with E-state index in [1.165, 1.54) is 11.3 Å². The summed E-state index contributed by atoms with van der Waals surface area (Å²) in [6.07, 6.45) is 2.32. The van der Waals surface area contributed by atoms with E-state index < -0.39 is 0 Å². The molecule has 1 aliphatic heterocycles. The normalized spacial score (nSPS) is 16.1. The summed E-state index contributed by atoms with van der Waals surface area (Å²) < 4.78 is 0. The first-order valence-electron chi connectivity index (χ1n) is 8.61. The number of likely N-dealkylation sites (tertiary alicyclic amines) is 1. The zero-order valence-electron chi connectivity index (χ0n) is 14.5. The first-order valence-corrected chi connectivity index (χ1v) is 8.99. The molecule has 128 valence electrons. The molecule has 3 nitrogen and oxygen atoms in total. The van der Waals surface area contributed by atoms with Gasteiger partial charge in [-0.15, -0.1) is 0 Å². The van der Waals surface area contributed by atoms with Crippen LogP contribution in [0.5, 0.6) is 0 Å². The maximum absolute atomic E-state index is 6.19. The zero-order chi connectivity index (χ0) is 16.9. The van der Waals surface area contributed by atoms with Crippen LogP contribution in [0.3, 0.4) is 0 Å². The summed E-state index contributed by atoms with van der Waals surface area (Å²) in [6.45, 7) is 3.31. The smallest absolute Gasteiger partial charge is 0.0597 e. The molecule has 24 heavy (non-hydrogen) atoms. The summed E-state index contributed by atoms with van der Waals surface area (Å²) in [5.74, 6) is 0. The van der Waals surface area contributed by atoms with Crippen LogP contribution in [-0.4, -0.2) is 38.1 Å². The predicted molar refractivity (Wildman–Crippen MR) is 104 cm³/mol. The van der Waals surface area contributed by atoms with Crippen LogP contribution in [0.15, 0.2) is 48.5 Å². The van der Waals surface area contributed by atoms with Crippen LogP contribution in [0, 0.1) is 0 Å². The third-order valence-corrected chi connectivity index (χ3v) is 4.87. The number of anilines is 2. The Kier molecular flexibility index (Phi) is 5.64. The highest BCUT2D eigenvalue weighted by Gasteiger charge is 2.20. The SMILES string of the molecule is CN(C)c1ccc(Cl)cc1NC1CCN(Cc2ccccc2)CC1. The molecule has 1 fully saturated rings. The number of rotatable bonds is 5. The van der Waals surface area contributed by atoms with Crippen molar-refractivity contribution in [1.29, 1.82) is 0 Å². The first kappa shape index (κ1) is 17.1. The van der Waals surface area contributed by atoms with E-state index >= 15 is 0 Å². The molecule has 0 bridgehead atoms. The number of hydrogen-bond donors (Lipinski definition) is 1. The van der Waals surface area contributed by atoms with Gasteiger partial charge in [0.2, 0.25) is 0 Å². The Balaban J connectivity index is 1.57. The fourth-order valence-electron chi connectivity index (χ4n) is 3.31. The lowest BCUT2D eigenvalue weighted by molar-refractivity contribution is 0.211. The number of nitrogens with one attached hydrogen (secondary N) is 1. The van der Waals surface area contributed by atoms with Gasteiger partial charge < -0.3 is 10.2 Å². The molecule has 1 aliphatic rings. The van der Waals surface area contributed by atoms with Crippen LogP contribution < -0.4 is 10.2 Å². The first-order chi connectivity index (χ1) is 11.6. The van der Waals surface area contributed by atoms with E-state index in [9.17, 15) is 0 Å². The number of nitrogens with zero attached hydrogens (tertiary/aromatic N) is 2. The molecule has 2 aromatic rings. The van der Waals surface area contributed by atoms with Crippen LogP contribution in [0.1, 0.15) is 18.4 Å². The summed E-state index contributed by atoms with van der Waals surface area (Å²) in [5.41, 5.74) is 3.72. The van der Waals surface area contributed by atoms with Gasteiger partial charge in [0.1, 0.15) is 0 Å². The second kappa shape index (κ2) is 7.91. The number of hydrogen-bond acceptors (Lipinski definition) is 3. The van der Waals surface area contributed by atoms with Gasteiger partial charge in [0.05, 0.1) is 11.4 Å². The average molecular weight is 344 g/mol. The van der Waals surface area contributed by atoms with E-state index in [-0.39, 0.29) is 0 Å². The molecule has 0 radical (unpaired) electrons. The van der Waals surface area contributed by atoms with Gasteiger partial charge in [-0.3, -0.25) is 4.90 Å². The van der Waals surface area contributed by atoms with Gasteiger partial charge in [-0.25, -0.2) is 0 Å². The molecule has 0 saturated carbocycles. The van der Waals surface area contributed by atoms with E-state index in [1.807, 2.05) is 12.1 Å². The monoisotopic (exact) mass is 343 g/mol. The van der Waals surface area contributed by atoms with Crippen LogP contribution in [-0.2, 0) is 6.54 Å². The summed E-state index contributed by atoms with van der Waals surface area (Å²) in [7, 11) is 4.13. The summed E-state index contributed by atoms with van der Waals surface area (Å²) in [5, 5.41) is 4.49. The van der Waals surface area contributed by atoms with E-state index in [4.69, 9.17) is 11.6 Å². The Labute approximate surface area is 150 Å². The lowest BCUT2D eigenvalue weighted by Gasteiger charge is -2.33. The van der Waals surface area contributed by atoms with E-state index in [2.05, 4.69) is 65.6 Å². The second-order valence-corrected chi connectivity index (χ2v) is 7.17. The third kappa shape index (κ3) is 4.43. The molecule has 1 N–H and O–H groups in total. The molecule has 4 heteroatoms. The Bertz CT molecular complexity index is 649. The lowest BCUT2D eigenvalue weighted by Crippen LogP contribution is -2.38. The maximum Gasteiger partial charge on any atom is 0.0597 e. The Morgan fingerprint density at radius 2 is 1.79 bits per heavy atom. The highest BCUT2D eigenvalue weighted by atomic mass is 35.5. The van der Waals surface area contributed by atoms with Crippen molar-refractivity contribution in [2.75, 3.05) is 37.4 Å². The highest BCUT2D eigenvalue weighted by Crippen LogP contribution is 2.30. The topological polar surface area (TPSA) is 18.5 Å². The number of halogens is 1. The molecule has 0 amide bonds. The highest BCUT2D eigenvalue weighted by molar-refractivity contribution is 6.31. The van der Waals surface area contributed by atoms with Crippen molar-refractivity contribution >= 4 is 23.0 Å². The molecular formula is C20H26ClN3. The minimum atomic E-state index is 0.509. The maximum atomic E-state index is 6.19. The fraction of sp³-hybridized carbons (Fsp3) is 0.400. The summed E-state index contributed by atoms with van der Waals surface area (Å²) in [6, 6.07) is 17.3. The molecule has 0 unspecified atom stereocenters. The van der Waals surface area contributed by atoms with Gasteiger partial charge in [0.15, 0.2) is 0 Å². The van der Waals surface area contributed by atoms with E-state index in [0.717, 1.165) is 43.2 Å². The van der Waals surface area contributed by atoms with Crippen molar-refractivity contribution in [3.05, 3.63) is 59.1 Å².